The van der Waals surface area contributed by atoms with Crippen molar-refractivity contribution in [3.8, 4) is 6.07 Å². The second-order valence-corrected chi connectivity index (χ2v) is 5.61. The van der Waals surface area contributed by atoms with Crippen LogP contribution in [0.25, 0.3) is 21.9 Å². The van der Waals surface area contributed by atoms with Gasteiger partial charge >= 0.3 is 0 Å². The van der Waals surface area contributed by atoms with Gasteiger partial charge in [-0.2, -0.15) is 10.4 Å². The third-order valence-corrected chi connectivity index (χ3v) is 3.91. The van der Waals surface area contributed by atoms with E-state index in [1.54, 1.807) is 48.4 Å². The number of hydrogen-bond donors (Lipinski definition) is 2. The number of amides is 1. The number of H-pyrrole nitrogens is 1. The molecule has 1 amide bonds. The van der Waals surface area contributed by atoms with Crippen molar-refractivity contribution < 1.29 is 4.79 Å². The lowest BCUT2D eigenvalue weighted by Gasteiger charge is -2.03. The molecule has 0 radical (unpaired) electrons. The number of aromatic nitrogens is 5. The predicted octanol–water partition coefficient (Wildman–Crippen LogP) is 1.90. The van der Waals surface area contributed by atoms with E-state index in [0.29, 0.717) is 22.7 Å². The van der Waals surface area contributed by atoms with Gasteiger partial charge in [-0.15, -0.1) is 0 Å². The highest BCUT2D eigenvalue weighted by Crippen LogP contribution is 2.23. The van der Waals surface area contributed by atoms with E-state index in [2.05, 4.69) is 31.4 Å². The third-order valence-electron chi connectivity index (χ3n) is 3.91. The number of nitrogens with zero attached hydrogens (tertiary/aromatic N) is 5. The number of nitriles is 1. The van der Waals surface area contributed by atoms with Crippen molar-refractivity contribution in [3.05, 3.63) is 48.0 Å². The summed E-state index contributed by atoms with van der Waals surface area (Å²) in [6.45, 7) is 0. The van der Waals surface area contributed by atoms with Crippen molar-refractivity contribution >= 4 is 33.7 Å². The summed E-state index contributed by atoms with van der Waals surface area (Å²) in [5, 5.41) is 16.6. The number of carbonyl (C=O) groups excluding carboxylic acids is 1. The molecule has 0 aliphatic rings. The van der Waals surface area contributed by atoms with E-state index in [1.165, 1.54) is 0 Å². The predicted molar refractivity (Wildman–Crippen MR) is 91.7 cm³/mol. The van der Waals surface area contributed by atoms with E-state index in [0.717, 1.165) is 16.4 Å². The highest BCUT2D eigenvalue weighted by Gasteiger charge is 2.12. The largest absolute Gasteiger partial charge is 0.340 e. The molecule has 0 atom stereocenters. The summed E-state index contributed by atoms with van der Waals surface area (Å²) in [6, 6.07) is 9.10. The van der Waals surface area contributed by atoms with Crippen molar-refractivity contribution in [2.75, 3.05) is 5.32 Å². The molecular formula is C17H13N7O. The molecule has 0 fully saturated rings. The molecule has 122 valence electrons. The number of pyridine rings is 1. The number of hydrogen-bond acceptors (Lipinski definition) is 5. The highest BCUT2D eigenvalue weighted by atomic mass is 16.1. The van der Waals surface area contributed by atoms with Crippen molar-refractivity contribution in [3.63, 3.8) is 0 Å². The van der Waals surface area contributed by atoms with Crippen LogP contribution in [0.3, 0.4) is 0 Å². The summed E-state index contributed by atoms with van der Waals surface area (Å²) in [7, 11) is 1.75. The SMILES string of the molecule is Cn1nccc1NC(=O)Cc1nc2c(cnc3ccc(C#N)cc32)[nH]1. The Hall–Kier alpha value is -3.73. The Balaban J connectivity index is 1.67. The minimum absolute atomic E-state index is 0.0965. The Morgan fingerprint density at radius 3 is 3.04 bits per heavy atom. The lowest BCUT2D eigenvalue weighted by Crippen LogP contribution is -2.17. The minimum Gasteiger partial charge on any atom is -0.340 e. The summed E-state index contributed by atoms with van der Waals surface area (Å²) in [5.41, 5.74) is 2.72. The first-order chi connectivity index (χ1) is 12.1. The summed E-state index contributed by atoms with van der Waals surface area (Å²) in [5.74, 6) is 0.954. The first-order valence-corrected chi connectivity index (χ1v) is 7.59. The molecular weight excluding hydrogens is 318 g/mol. The Kier molecular flexibility index (Phi) is 3.40. The lowest BCUT2D eigenvalue weighted by molar-refractivity contribution is -0.115. The fourth-order valence-electron chi connectivity index (χ4n) is 2.70. The fraction of sp³-hybridized carbons (Fsp3) is 0.118. The molecule has 2 N–H and O–H groups in total. The van der Waals surface area contributed by atoms with E-state index in [4.69, 9.17) is 5.26 Å². The maximum Gasteiger partial charge on any atom is 0.233 e. The molecule has 0 unspecified atom stereocenters. The smallest absolute Gasteiger partial charge is 0.233 e. The van der Waals surface area contributed by atoms with Gasteiger partial charge < -0.3 is 10.3 Å². The van der Waals surface area contributed by atoms with E-state index >= 15 is 0 Å². The van der Waals surface area contributed by atoms with Crippen LogP contribution in [0.2, 0.25) is 0 Å². The first-order valence-electron chi connectivity index (χ1n) is 7.59. The van der Waals surface area contributed by atoms with Crippen LogP contribution < -0.4 is 5.32 Å². The maximum atomic E-state index is 12.2. The van der Waals surface area contributed by atoms with Crippen molar-refractivity contribution in [1.29, 1.82) is 5.26 Å². The van der Waals surface area contributed by atoms with Crippen LogP contribution in [0.4, 0.5) is 5.82 Å². The molecule has 3 aromatic heterocycles. The Morgan fingerprint density at radius 2 is 2.28 bits per heavy atom. The standard InChI is InChI=1S/C17H13N7O/c1-24-15(4-5-20-24)23-16(25)7-14-21-13-9-19-12-3-2-10(8-18)6-11(12)17(13)22-14/h2-6,9H,7H2,1H3,(H,21,22)(H,23,25). The fourth-order valence-corrected chi connectivity index (χ4v) is 2.70. The highest BCUT2D eigenvalue weighted by molar-refractivity contribution is 6.02. The van der Waals surface area contributed by atoms with Crippen LogP contribution in [-0.2, 0) is 18.3 Å². The van der Waals surface area contributed by atoms with E-state index < -0.39 is 0 Å². The van der Waals surface area contributed by atoms with Gasteiger partial charge in [0.05, 0.1) is 47.0 Å². The number of aromatic amines is 1. The van der Waals surface area contributed by atoms with Crippen LogP contribution in [0.5, 0.6) is 0 Å². The van der Waals surface area contributed by atoms with Gasteiger partial charge in [0.2, 0.25) is 5.91 Å². The molecule has 4 rings (SSSR count). The Labute approximate surface area is 142 Å². The number of carbonyl (C=O) groups is 1. The maximum absolute atomic E-state index is 12.2. The van der Waals surface area contributed by atoms with Gasteiger partial charge in [-0.25, -0.2) is 4.98 Å². The van der Waals surface area contributed by atoms with Gasteiger partial charge in [-0.05, 0) is 18.2 Å². The Bertz CT molecular complexity index is 1150. The molecule has 0 saturated heterocycles. The molecule has 25 heavy (non-hydrogen) atoms. The second-order valence-electron chi connectivity index (χ2n) is 5.61. The summed E-state index contributed by atoms with van der Waals surface area (Å²) < 4.78 is 1.58. The summed E-state index contributed by atoms with van der Waals surface area (Å²) in [4.78, 5) is 24.2. The van der Waals surface area contributed by atoms with Crippen LogP contribution in [-0.4, -0.2) is 30.6 Å². The normalized spacial score (nSPS) is 10.9. The molecule has 4 aromatic rings. The summed E-state index contributed by atoms with van der Waals surface area (Å²) in [6.07, 6.45) is 3.39. The average molecular weight is 331 g/mol. The van der Waals surface area contributed by atoms with E-state index in [9.17, 15) is 4.79 Å². The van der Waals surface area contributed by atoms with Gasteiger partial charge in [0.1, 0.15) is 11.6 Å². The zero-order valence-corrected chi connectivity index (χ0v) is 13.3. The quantitative estimate of drug-likeness (QED) is 0.595. The zero-order chi connectivity index (χ0) is 17.4. The van der Waals surface area contributed by atoms with Crippen molar-refractivity contribution in [1.82, 2.24) is 24.7 Å². The topological polar surface area (TPSA) is 112 Å². The molecule has 8 heteroatoms. The van der Waals surface area contributed by atoms with Gasteiger partial charge in [0.15, 0.2) is 0 Å². The van der Waals surface area contributed by atoms with Gasteiger partial charge in [0.25, 0.3) is 0 Å². The van der Waals surface area contributed by atoms with Gasteiger partial charge in [-0.1, -0.05) is 0 Å². The molecule has 8 nitrogen and oxygen atoms in total. The van der Waals surface area contributed by atoms with Crippen LogP contribution in [0.1, 0.15) is 11.4 Å². The monoisotopic (exact) mass is 331 g/mol. The van der Waals surface area contributed by atoms with Crippen molar-refractivity contribution in [2.24, 2.45) is 7.05 Å². The van der Waals surface area contributed by atoms with E-state index in [-0.39, 0.29) is 12.3 Å². The van der Waals surface area contributed by atoms with Crippen LogP contribution in [0, 0.1) is 11.3 Å². The zero-order valence-electron chi connectivity index (χ0n) is 13.3. The number of imidazole rings is 1. The molecule has 0 bridgehead atoms. The minimum atomic E-state index is -0.197. The van der Waals surface area contributed by atoms with Crippen molar-refractivity contribution in [2.45, 2.75) is 6.42 Å². The number of fused-ring (bicyclic) bond motifs is 3. The molecule has 0 aliphatic carbocycles. The molecule has 0 spiro atoms. The summed E-state index contributed by atoms with van der Waals surface area (Å²) >= 11 is 0. The lowest BCUT2D eigenvalue weighted by atomic mass is 10.1. The number of rotatable bonds is 3. The average Bonchev–Trinajstić information content (AvgIpc) is 3.20. The van der Waals surface area contributed by atoms with Gasteiger partial charge in [0, 0.05) is 18.5 Å². The number of anilines is 1. The number of benzene rings is 1. The molecule has 3 heterocycles. The second kappa shape index (κ2) is 5.72. The number of aryl methyl sites for hydroxylation is 1. The molecule has 0 aliphatic heterocycles. The number of nitrogens with one attached hydrogen (secondary N) is 2. The Morgan fingerprint density at radius 1 is 1.40 bits per heavy atom. The molecule has 1 aromatic carbocycles. The first kappa shape index (κ1) is 14.8. The van der Waals surface area contributed by atoms with Crippen LogP contribution >= 0.6 is 0 Å². The third kappa shape index (κ3) is 2.68. The molecule has 0 saturated carbocycles. The van der Waals surface area contributed by atoms with E-state index in [1.807, 2.05) is 0 Å². The van der Waals surface area contributed by atoms with Crippen LogP contribution in [0.15, 0.2) is 36.7 Å². The van der Waals surface area contributed by atoms with Gasteiger partial charge in [-0.3, -0.25) is 14.5 Å².